The van der Waals surface area contributed by atoms with E-state index < -0.39 is 22.8 Å². The van der Waals surface area contributed by atoms with Gasteiger partial charge in [0.15, 0.2) is 0 Å². The quantitative estimate of drug-likeness (QED) is 0.466. The first-order chi connectivity index (χ1) is 9.99. The van der Waals surface area contributed by atoms with E-state index in [9.17, 15) is 19.7 Å². The highest BCUT2D eigenvalue weighted by atomic mass is 32.2. The second-order valence-electron chi connectivity index (χ2n) is 4.13. The van der Waals surface area contributed by atoms with Crippen LogP contribution < -0.4 is 5.32 Å². The molecule has 8 heteroatoms. The lowest BCUT2D eigenvalue weighted by Crippen LogP contribution is -2.41. The van der Waals surface area contributed by atoms with Crippen molar-refractivity contribution in [1.82, 2.24) is 5.32 Å². The largest absolute Gasteiger partial charge is 0.467 e. The van der Waals surface area contributed by atoms with Crippen molar-refractivity contribution in [3.63, 3.8) is 0 Å². The van der Waals surface area contributed by atoms with E-state index in [2.05, 4.69) is 10.1 Å². The van der Waals surface area contributed by atoms with E-state index >= 15 is 0 Å². The number of ether oxygens (including phenoxy) is 1. The Balaban J connectivity index is 2.76. The molecule has 114 valence electrons. The molecule has 0 bridgehead atoms. The number of methoxy groups -OCH3 is 1. The number of nitrogens with zero attached hydrogens (tertiary/aromatic N) is 1. The molecule has 0 aliphatic heterocycles. The summed E-state index contributed by atoms with van der Waals surface area (Å²) < 4.78 is 4.64. The molecule has 0 fully saturated rings. The van der Waals surface area contributed by atoms with Gasteiger partial charge in [-0.1, -0.05) is 0 Å². The van der Waals surface area contributed by atoms with Gasteiger partial charge in [0.25, 0.3) is 11.6 Å². The number of nitro benzene ring substituents is 1. The summed E-state index contributed by atoms with van der Waals surface area (Å²) in [6.45, 7) is 0. The minimum atomic E-state index is -0.731. The number of esters is 1. The van der Waals surface area contributed by atoms with Crippen molar-refractivity contribution in [3.05, 3.63) is 39.9 Å². The highest BCUT2D eigenvalue weighted by Crippen LogP contribution is 2.12. The van der Waals surface area contributed by atoms with Crippen LogP contribution in [-0.4, -0.2) is 42.0 Å². The average molecular weight is 312 g/mol. The third kappa shape index (κ3) is 5.07. The smallest absolute Gasteiger partial charge is 0.328 e. The predicted molar refractivity (Wildman–Crippen MR) is 79.4 cm³/mol. The third-order valence-electron chi connectivity index (χ3n) is 2.74. The number of nitrogens with one attached hydrogen (secondary N) is 1. The fraction of sp³-hybridized carbons (Fsp3) is 0.385. The Labute approximate surface area is 126 Å². The number of nitro groups is 1. The maximum Gasteiger partial charge on any atom is 0.328 e. The standard InChI is InChI=1S/C13H16N2O5S/c1-20-13(17)11(7-8-21-2)14-12(16)9-3-5-10(6-4-9)15(18)19/h3-6,11H,7-8H2,1-2H3,(H,14,16)/t11-/m0/s1. The van der Waals surface area contributed by atoms with Crippen LogP contribution >= 0.6 is 11.8 Å². The van der Waals surface area contributed by atoms with E-state index in [-0.39, 0.29) is 11.3 Å². The van der Waals surface area contributed by atoms with Gasteiger partial charge in [-0.2, -0.15) is 11.8 Å². The van der Waals surface area contributed by atoms with E-state index in [0.29, 0.717) is 12.2 Å². The molecule has 0 aromatic heterocycles. The zero-order chi connectivity index (χ0) is 15.8. The summed E-state index contributed by atoms with van der Waals surface area (Å²) >= 11 is 1.55. The summed E-state index contributed by atoms with van der Waals surface area (Å²) in [4.78, 5) is 33.6. The van der Waals surface area contributed by atoms with Gasteiger partial charge in [-0.25, -0.2) is 4.79 Å². The first kappa shape index (κ1) is 17.0. The molecule has 1 aromatic rings. The van der Waals surface area contributed by atoms with Crippen LogP contribution in [0.15, 0.2) is 24.3 Å². The Morgan fingerprint density at radius 3 is 2.48 bits per heavy atom. The van der Waals surface area contributed by atoms with Gasteiger partial charge in [0.2, 0.25) is 0 Å². The lowest BCUT2D eigenvalue weighted by Gasteiger charge is -2.15. The number of carbonyl (C=O) groups is 2. The molecule has 0 saturated carbocycles. The second-order valence-corrected chi connectivity index (χ2v) is 5.12. The van der Waals surface area contributed by atoms with Crippen LogP contribution in [0, 0.1) is 10.1 Å². The highest BCUT2D eigenvalue weighted by Gasteiger charge is 2.21. The number of amides is 1. The van der Waals surface area contributed by atoms with Crippen LogP contribution in [0.4, 0.5) is 5.69 Å². The van der Waals surface area contributed by atoms with Crippen molar-refractivity contribution < 1.29 is 19.2 Å². The third-order valence-corrected chi connectivity index (χ3v) is 3.39. The molecule has 21 heavy (non-hydrogen) atoms. The molecule has 0 unspecified atom stereocenters. The van der Waals surface area contributed by atoms with Gasteiger partial charge in [-0.3, -0.25) is 14.9 Å². The Bertz CT molecular complexity index is 518. The number of benzene rings is 1. The summed E-state index contributed by atoms with van der Waals surface area (Å²) in [5, 5.41) is 13.1. The lowest BCUT2D eigenvalue weighted by atomic mass is 10.1. The van der Waals surface area contributed by atoms with Gasteiger partial charge in [-0.05, 0) is 30.6 Å². The molecule has 1 amide bonds. The molecule has 0 aliphatic rings. The van der Waals surface area contributed by atoms with Crippen molar-refractivity contribution in [2.45, 2.75) is 12.5 Å². The minimum Gasteiger partial charge on any atom is -0.467 e. The Kier molecular flexibility index (Phi) is 6.67. The Morgan fingerprint density at radius 2 is 2.00 bits per heavy atom. The molecule has 0 heterocycles. The number of carbonyl (C=O) groups excluding carboxylic acids is 2. The van der Waals surface area contributed by atoms with E-state index in [4.69, 9.17) is 0 Å². The molecule has 1 atom stereocenters. The van der Waals surface area contributed by atoms with Gasteiger partial charge < -0.3 is 10.1 Å². The molecule has 0 saturated heterocycles. The van der Waals surface area contributed by atoms with E-state index in [1.54, 1.807) is 11.8 Å². The Hall–Kier alpha value is -2.09. The van der Waals surface area contributed by atoms with Gasteiger partial charge in [0, 0.05) is 17.7 Å². The first-order valence-electron chi connectivity index (χ1n) is 6.11. The molecular formula is C13H16N2O5S. The molecule has 0 spiro atoms. The molecule has 7 nitrogen and oxygen atoms in total. The number of hydrogen-bond acceptors (Lipinski definition) is 6. The highest BCUT2D eigenvalue weighted by molar-refractivity contribution is 7.98. The molecule has 0 aliphatic carbocycles. The average Bonchev–Trinajstić information content (AvgIpc) is 2.50. The van der Waals surface area contributed by atoms with E-state index in [1.807, 2.05) is 6.26 Å². The van der Waals surface area contributed by atoms with Crippen molar-refractivity contribution >= 4 is 29.3 Å². The number of non-ortho nitro benzene ring substituents is 1. The Morgan fingerprint density at radius 1 is 1.38 bits per heavy atom. The summed E-state index contributed by atoms with van der Waals surface area (Å²) in [7, 11) is 1.26. The number of rotatable bonds is 7. The summed E-state index contributed by atoms with van der Waals surface area (Å²) in [5.74, 6) is -0.291. The van der Waals surface area contributed by atoms with Crippen LogP contribution in [0.5, 0.6) is 0 Å². The molecular weight excluding hydrogens is 296 g/mol. The topological polar surface area (TPSA) is 98.5 Å². The maximum atomic E-state index is 12.0. The van der Waals surface area contributed by atoms with Gasteiger partial charge in [0.05, 0.1) is 12.0 Å². The van der Waals surface area contributed by atoms with Crippen LogP contribution in [0.1, 0.15) is 16.8 Å². The van der Waals surface area contributed by atoms with Crippen LogP contribution in [0.25, 0.3) is 0 Å². The number of thioether (sulfide) groups is 1. The van der Waals surface area contributed by atoms with Crippen molar-refractivity contribution in [2.24, 2.45) is 0 Å². The summed E-state index contributed by atoms with van der Waals surface area (Å²) in [6, 6.07) is 4.44. The monoisotopic (exact) mass is 312 g/mol. The van der Waals surface area contributed by atoms with Crippen LogP contribution in [0.2, 0.25) is 0 Å². The normalized spacial score (nSPS) is 11.5. The predicted octanol–water partition coefficient (Wildman–Crippen LogP) is 1.62. The molecule has 0 radical (unpaired) electrons. The zero-order valence-corrected chi connectivity index (χ0v) is 12.5. The first-order valence-corrected chi connectivity index (χ1v) is 7.51. The zero-order valence-electron chi connectivity index (χ0n) is 11.7. The SMILES string of the molecule is COC(=O)[C@H](CCSC)NC(=O)c1ccc([N+](=O)[O-])cc1. The van der Waals surface area contributed by atoms with E-state index in [0.717, 1.165) is 0 Å². The lowest BCUT2D eigenvalue weighted by molar-refractivity contribution is -0.384. The van der Waals surface area contributed by atoms with Crippen LogP contribution in [-0.2, 0) is 9.53 Å². The number of hydrogen-bond donors (Lipinski definition) is 1. The molecule has 1 aromatic carbocycles. The van der Waals surface area contributed by atoms with Crippen molar-refractivity contribution in [3.8, 4) is 0 Å². The maximum absolute atomic E-state index is 12.0. The van der Waals surface area contributed by atoms with Gasteiger partial charge in [0.1, 0.15) is 6.04 Å². The van der Waals surface area contributed by atoms with Gasteiger partial charge in [-0.15, -0.1) is 0 Å². The van der Waals surface area contributed by atoms with E-state index in [1.165, 1.54) is 31.4 Å². The molecule has 1 rings (SSSR count). The van der Waals surface area contributed by atoms with Gasteiger partial charge >= 0.3 is 5.97 Å². The minimum absolute atomic E-state index is 0.0987. The molecule has 1 N–H and O–H groups in total. The second kappa shape index (κ2) is 8.25. The summed E-state index contributed by atoms with van der Waals surface area (Å²) in [5.41, 5.74) is 0.150. The fourth-order valence-corrected chi connectivity index (χ4v) is 2.07. The van der Waals surface area contributed by atoms with Crippen molar-refractivity contribution in [2.75, 3.05) is 19.1 Å². The van der Waals surface area contributed by atoms with Crippen LogP contribution in [0.3, 0.4) is 0 Å². The van der Waals surface area contributed by atoms with Crippen molar-refractivity contribution in [1.29, 1.82) is 0 Å². The summed E-state index contributed by atoms with van der Waals surface area (Å²) in [6.07, 6.45) is 2.35. The fourth-order valence-electron chi connectivity index (χ4n) is 1.60.